The number of hydrogen-bond acceptors (Lipinski definition) is 4. The first-order valence-electron chi connectivity index (χ1n) is 6.29. The zero-order valence-corrected chi connectivity index (χ0v) is 10.6. The highest BCUT2D eigenvalue weighted by Crippen LogP contribution is 2.18. The van der Waals surface area contributed by atoms with Gasteiger partial charge in [-0.05, 0) is 55.5 Å². The molecule has 0 bridgehead atoms. The van der Waals surface area contributed by atoms with Crippen LogP contribution in [0.1, 0.15) is 25.3 Å². The Morgan fingerprint density at radius 3 is 2.61 bits per heavy atom. The molecule has 1 heterocycles. The van der Waals surface area contributed by atoms with Gasteiger partial charge in [0.2, 0.25) is 0 Å². The van der Waals surface area contributed by atoms with E-state index < -0.39 is 0 Å². The molecule has 18 heavy (non-hydrogen) atoms. The van der Waals surface area contributed by atoms with Crippen LogP contribution in [0.2, 0.25) is 0 Å². The summed E-state index contributed by atoms with van der Waals surface area (Å²) in [6.45, 7) is 4.20. The van der Waals surface area contributed by atoms with E-state index in [9.17, 15) is 0 Å². The van der Waals surface area contributed by atoms with E-state index in [4.69, 9.17) is 14.7 Å². The number of benzene rings is 1. The molecule has 0 saturated carbocycles. The van der Waals surface area contributed by atoms with Crippen LogP contribution >= 0.6 is 0 Å². The average molecular weight is 249 g/mol. The average Bonchev–Trinajstić information content (AvgIpc) is 2.46. The van der Waals surface area contributed by atoms with Crippen molar-refractivity contribution >= 4 is 5.71 Å². The molecule has 1 aromatic carbocycles. The van der Waals surface area contributed by atoms with Crippen molar-refractivity contribution in [2.75, 3.05) is 19.8 Å². The van der Waals surface area contributed by atoms with E-state index in [0.29, 0.717) is 11.6 Å². The Labute approximate surface area is 107 Å². The predicted molar refractivity (Wildman–Crippen MR) is 69.5 cm³/mol. The molecule has 1 N–H and O–H groups in total. The summed E-state index contributed by atoms with van der Waals surface area (Å²) in [6, 6.07) is 7.61. The summed E-state index contributed by atoms with van der Waals surface area (Å²) in [5.74, 6) is 1.45. The van der Waals surface area contributed by atoms with Gasteiger partial charge in [0.05, 0.1) is 12.3 Å². The summed E-state index contributed by atoms with van der Waals surface area (Å²) < 4.78 is 11.1. The van der Waals surface area contributed by atoms with Crippen molar-refractivity contribution in [1.82, 2.24) is 0 Å². The van der Waals surface area contributed by atoms with E-state index >= 15 is 0 Å². The number of ether oxygens (including phenoxy) is 2. The van der Waals surface area contributed by atoms with Crippen molar-refractivity contribution in [1.29, 1.82) is 0 Å². The van der Waals surface area contributed by atoms with Gasteiger partial charge in [-0.25, -0.2) is 0 Å². The van der Waals surface area contributed by atoms with Crippen molar-refractivity contribution in [3.05, 3.63) is 29.8 Å². The van der Waals surface area contributed by atoms with Crippen LogP contribution in [-0.2, 0) is 4.74 Å². The number of oxime groups is 1. The number of nitrogens with zero attached hydrogens (tertiary/aromatic N) is 1. The molecular weight excluding hydrogens is 230 g/mol. The lowest BCUT2D eigenvalue weighted by Crippen LogP contribution is -2.21. The smallest absolute Gasteiger partial charge is 0.119 e. The van der Waals surface area contributed by atoms with Crippen LogP contribution in [0.5, 0.6) is 5.75 Å². The fourth-order valence-electron chi connectivity index (χ4n) is 1.98. The minimum absolute atomic E-state index is 0.596. The van der Waals surface area contributed by atoms with E-state index in [1.54, 1.807) is 6.92 Å². The molecule has 4 nitrogen and oxygen atoms in total. The molecule has 1 fully saturated rings. The number of hydrogen-bond donors (Lipinski definition) is 1. The van der Waals surface area contributed by atoms with Crippen LogP contribution in [0.15, 0.2) is 29.4 Å². The Balaban J connectivity index is 1.86. The van der Waals surface area contributed by atoms with Gasteiger partial charge in [-0.3, -0.25) is 0 Å². The molecule has 1 saturated heterocycles. The lowest BCUT2D eigenvalue weighted by atomic mass is 10.0. The van der Waals surface area contributed by atoms with Gasteiger partial charge in [-0.2, -0.15) is 0 Å². The summed E-state index contributed by atoms with van der Waals surface area (Å²) >= 11 is 0. The highest BCUT2D eigenvalue weighted by atomic mass is 16.5. The molecule has 1 aromatic rings. The normalized spacial score (nSPS) is 17.7. The van der Waals surface area contributed by atoms with Crippen LogP contribution in [0.3, 0.4) is 0 Å². The maximum atomic E-state index is 8.68. The van der Waals surface area contributed by atoms with E-state index in [1.165, 1.54) is 0 Å². The quantitative estimate of drug-likeness (QED) is 0.507. The van der Waals surface area contributed by atoms with Crippen molar-refractivity contribution in [2.45, 2.75) is 19.8 Å². The predicted octanol–water partition coefficient (Wildman–Crippen LogP) is 2.69. The summed E-state index contributed by atoms with van der Waals surface area (Å²) in [7, 11) is 0. The highest BCUT2D eigenvalue weighted by Gasteiger charge is 2.14. The van der Waals surface area contributed by atoms with Gasteiger partial charge < -0.3 is 14.7 Å². The van der Waals surface area contributed by atoms with Gasteiger partial charge >= 0.3 is 0 Å². The first-order valence-corrected chi connectivity index (χ1v) is 6.29. The molecule has 0 atom stereocenters. The second-order valence-electron chi connectivity index (χ2n) is 4.58. The molecule has 0 amide bonds. The molecule has 0 aliphatic carbocycles. The monoisotopic (exact) mass is 249 g/mol. The Kier molecular flexibility index (Phi) is 4.59. The molecule has 1 aliphatic heterocycles. The molecule has 0 spiro atoms. The van der Waals surface area contributed by atoms with Crippen LogP contribution in [0.25, 0.3) is 0 Å². The van der Waals surface area contributed by atoms with Crippen LogP contribution in [0.4, 0.5) is 0 Å². The second-order valence-corrected chi connectivity index (χ2v) is 4.58. The van der Waals surface area contributed by atoms with Crippen LogP contribution < -0.4 is 4.74 Å². The molecule has 2 rings (SSSR count). The SMILES string of the molecule is CC(=NO)c1ccc(OCC2CCOCC2)cc1. The minimum Gasteiger partial charge on any atom is -0.493 e. The van der Waals surface area contributed by atoms with Gasteiger partial charge in [0.1, 0.15) is 5.75 Å². The van der Waals surface area contributed by atoms with Crippen molar-refractivity contribution in [3.8, 4) is 5.75 Å². The summed E-state index contributed by atoms with van der Waals surface area (Å²) in [4.78, 5) is 0. The van der Waals surface area contributed by atoms with E-state index in [-0.39, 0.29) is 0 Å². The minimum atomic E-state index is 0.596. The summed E-state index contributed by atoms with van der Waals surface area (Å²) in [5.41, 5.74) is 1.50. The topological polar surface area (TPSA) is 51.1 Å². The van der Waals surface area contributed by atoms with Crippen molar-refractivity contribution in [3.63, 3.8) is 0 Å². The third kappa shape index (κ3) is 3.47. The summed E-state index contributed by atoms with van der Waals surface area (Å²) in [5, 5.41) is 11.8. The van der Waals surface area contributed by atoms with Gasteiger partial charge in [0.15, 0.2) is 0 Å². The number of rotatable bonds is 4. The first-order chi connectivity index (χ1) is 8.79. The lowest BCUT2D eigenvalue weighted by molar-refractivity contribution is 0.0497. The third-order valence-electron chi connectivity index (χ3n) is 3.25. The van der Waals surface area contributed by atoms with Crippen LogP contribution in [-0.4, -0.2) is 30.7 Å². The Morgan fingerprint density at radius 1 is 1.33 bits per heavy atom. The molecule has 0 unspecified atom stereocenters. The van der Waals surface area contributed by atoms with E-state index in [1.807, 2.05) is 24.3 Å². The maximum Gasteiger partial charge on any atom is 0.119 e. The zero-order chi connectivity index (χ0) is 12.8. The van der Waals surface area contributed by atoms with E-state index in [0.717, 1.165) is 44.0 Å². The molecular formula is C14H19NO3. The third-order valence-corrected chi connectivity index (χ3v) is 3.25. The molecule has 0 radical (unpaired) electrons. The van der Waals surface area contributed by atoms with Gasteiger partial charge in [0.25, 0.3) is 0 Å². The fourth-order valence-corrected chi connectivity index (χ4v) is 1.98. The molecule has 1 aliphatic rings. The maximum absolute atomic E-state index is 8.68. The van der Waals surface area contributed by atoms with Crippen molar-refractivity contribution < 1.29 is 14.7 Å². The largest absolute Gasteiger partial charge is 0.493 e. The fraction of sp³-hybridized carbons (Fsp3) is 0.500. The Hall–Kier alpha value is -1.55. The van der Waals surface area contributed by atoms with E-state index in [2.05, 4.69) is 5.16 Å². The Bertz CT molecular complexity index is 394. The van der Waals surface area contributed by atoms with Crippen molar-refractivity contribution in [2.24, 2.45) is 11.1 Å². The first kappa shape index (κ1) is 12.9. The Morgan fingerprint density at radius 2 is 2.00 bits per heavy atom. The highest BCUT2D eigenvalue weighted by molar-refractivity contribution is 5.98. The lowest BCUT2D eigenvalue weighted by Gasteiger charge is -2.22. The molecule has 98 valence electrons. The summed E-state index contributed by atoms with van der Waals surface area (Å²) in [6.07, 6.45) is 2.16. The molecule has 0 aromatic heterocycles. The van der Waals surface area contributed by atoms with Crippen LogP contribution in [0, 0.1) is 5.92 Å². The van der Waals surface area contributed by atoms with Gasteiger partial charge in [0, 0.05) is 13.2 Å². The van der Waals surface area contributed by atoms with Gasteiger partial charge in [-0.15, -0.1) is 0 Å². The second kappa shape index (κ2) is 6.40. The van der Waals surface area contributed by atoms with Gasteiger partial charge in [-0.1, -0.05) is 5.16 Å². The molecule has 4 heteroatoms. The zero-order valence-electron chi connectivity index (χ0n) is 10.6. The standard InChI is InChI=1S/C14H19NO3/c1-11(15-16)13-2-4-14(5-3-13)18-10-12-6-8-17-9-7-12/h2-5,12,16H,6-10H2,1H3.